The fourth-order valence-corrected chi connectivity index (χ4v) is 2.42. The van der Waals surface area contributed by atoms with Gasteiger partial charge < -0.3 is 15.5 Å². The monoisotopic (exact) mass is 265 g/mol. The minimum absolute atomic E-state index is 0.377. The molecule has 1 unspecified atom stereocenters. The van der Waals surface area contributed by atoms with Crippen LogP contribution < -0.4 is 10.6 Å². The van der Waals surface area contributed by atoms with E-state index in [0.29, 0.717) is 12.6 Å². The number of nitrogens with zero attached hydrogens (tertiary/aromatic N) is 4. The Morgan fingerprint density at radius 2 is 1.84 bits per heavy atom. The summed E-state index contributed by atoms with van der Waals surface area (Å²) in [6, 6.07) is 0.377. The molecule has 1 heterocycles. The summed E-state index contributed by atoms with van der Waals surface area (Å²) in [7, 11) is 4.17. The molecule has 5 nitrogen and oxygen atoms in total. The van der Waals surface area contributed by atoms with Gasteiger partial charge in [-0.25, -0.2) is 0 Å². The number of aryl methyl sites for hydroxylation is 1. The molecular formula is C14H27N5. The predicted octanol–water partition coefficient (Wildman–Crippen LogP) is 1.33. The predicted molar refractivity (Wildman–Crippen MR) is 80.4 cm³/mol. The van der Waals surface area contributed by atoms with Gasteiger partial charge in [-0.2, -0.15) is 5.10 Å². The number of nitrogens with two attached hydrogens (primary N) is 1. The highest BCUT2D eigenvalue weighted by atomic mass is 15.3. The van der Waals surface area contributed by atoms with E-state index in [1.165, 1.54) is 0 Å². The highest BCUT2D eigenvalue weighted by Crippen LogP contribution is 2.23. The third-order valence-corrected chi connectivity index (χ3v) is 3.54. The molecule has 0 bridgehead atoms. The lowest BCUT2D eigenvalue weighted by Gasteiger charge is -2.32. The van der Waals surface area contributed by atoms with Crippen molar-refractivity contribution in [3.05, 3.63) is 16.8 Å². The molecule has 1 aromatic heterocycles. The average molecular weight is 265 g/mol. The number of likely N-dealkylation sites (N-methyl/N-ethyl adjacent to an activating group) is 2. The van der Waals surface area contributed by atoms with Crippen LogP contribution in [-0.2, 0) is 6.54 Å². The first-order chi connectivity index (χ1) is 8.92. The first-order valence-electron chi connectivity index (χ1n) is 6.86. The van der Waals surface area contributed by atoms with Crippen LogP contribution in [-0.4, -0.2) is 48.3 Å². The Bertz CT molecular complexity index is 417. The van der Waals surface area contributed by atoms with E-state index in [0.717, 1.165) is 35.7 Å². The molecule has 1 atom stereocenters. The molecule has 0 fully saturated rings. The van der Waals surface area contributed by atoms with Crippen molar-refractivity contribution in [2.24, 2.45) is 5.73 Å². The van der Waals surface area contributed by atoms with E-state index < -0.39 is 0 Å². The number of anilines is 1. The highest BCUT2D eigenvalue weighted by Gasteiger charge is 2.20. The third-order valence-electron chi connectivity index (χ3n) is 3.54. The van der Waals surface area contributed by atoms with Gasteiger partial charge in [0.2, 0.25) is 0 Å². The molecule has 5 heteroatoms. The third kappa shape index (κ3) is 3.64. The maximum Gasteiger partial charge on any atom is 0.156 e. The van der Waals surface area contributed by atoms with Crippen LogP contribution >= 0.6 is 0 Å². The molecule has 0 aliphatic carbocycles. The Labute approximate surface area is 116 Å². The zero-order valence-corrected chi connectivity index (χ0v) is 13.1. The van der Waals surface area contributed by atoms with E-state index >= 15 is 0 Å². The number of rotatable bonds is 6. The molecule has 2 N–H and O–H groups in total. The van der Waals surface area contributed by atoms with Gasteiger partial charge >= 0.3 is 0 Å². The van der Waals surface area contributed by atoms with E-state index in [1.54, 1.807) is 0 Å². The lowest BCUT2D eigenvalue weighted by molar-refractivity contribution is 0.371. The van der Waals surface area contributed by atoms with Gasteiger partial charge in [-0.05, 0) is 47.4 Å². The highest BCUT2D eigenvalue weighted by molar-refractivity contribution is 5.51. The summed E-state index contributed by atoms with van der Waals surface area (Å²) in [6.45, 7) is 10.8. The van der Waals surface area contributed by atoms with Crippen LogP contribution in [0.15, 0.2) is 0 Å². The molecule has 108 valence electrons. The van der Waals surface area contributed by atoms with Crippen LogP contribution in [0.5, 0.6) is 0 Å². The lowest BCUT2D eigenvalue weighted by Crippen LogP contribution is -2.41. The van der Waals surface area contributed by atoms with Crippen LogP contribution in [0.1, 0.15) is 30.7 Å². The van der Waals surface area contributed by atoms with Gasteiger partial charge in [-0.3, -0.25) is 0 Å². The van der Waals surface area contributed by atoms with Gasteiger partial charge in [0.05, 0.1) is 5.69 Å². The molecule has 0 saturated heterocycles. The minimum atomic E-state index is 0.377. The molecule has 0 aromatic carbocycles. The minimum Gasteiger partial charge on any atom is -0.351 e. The van der Waals surface area contributed by atoms with Gasteiger partial charge in [0, 0.05) is 31.2 Å². The molecule has 0 aliphatic rings. The van der Waals surface area contributed by atoms with E-state index in [9.17, 15) is 0 Å². The van der Waals surface area contributed by atoms with Crippen molar-refractivity contribution in [2.45, 2.75) is 40.3 Å². The zero-order valence-electron chi connectivity index (χ0n) is 13.1. The summed E-state index contributed by atoms with van der Waals surface area (Å²) in [5, 5.41) is 8.64. The van der Waals surface area contributed by atoms with E-state index in [1.807, 2.05) is 6.92 Å². The molecule has 0 spiro atoms. The van der Waals surface area contributed by atoms with Crippen molar-refractivity contribution in [3.63, 3.8) is 0 Å². The fourth-order valence-electron chi connectivity index (χ4n) is 2.42. The number of aromatic nitrogens is 2. The number of hydrogen-bond donors (Lipinski definition) is 1. The summed E-state index contributed by atoms with van der Waals surface area (Å²) >= 11 is 0. The first-order valence-corrected chi connectivity index (χ1v) is 6.86. The summed E-state index contributed by atoms with van der Waals surface area (Å²) in [5.41, 5.74) is 9.13. The quantitative estimate of drug-likeness (QED) is 0.841. The van der Waals surface area contributed by atoms with Gasteiger partial charge in [0.1, 0.15) is 0 Å². The first kappa shape index (κ1) is 15.9. The standard InChI is InChI=1S/C14H27N5/c1-7-19(10(2)9-18(5)6)14-13(8-15)11(3)12(4)16-17-14/h10H,7-9,15H2,1-6H3. The summed E-state index contributed by atoms with van der Waals surface area (Å²) < 4.78 is 0. The summed E-state index contributed by atoms with van der Waals surface area (Å²) in [4.78, 5) is 4.46. The molecule has 0 radical (unpaired) electrons. The zero-order chi connectivity index (χ0) is 14.6. The Kier molecular flexibility index (Phi) is 5.69. The SMILES string of the molecule is CCN(c1nnc(C)c(C)c1CN)C(C)CN(C)C. The average Bonchev–Trinajstić information content (AvgIpc) is 2.34. The Balaban J connectivity index is 3.14. The van der Waals surface area contributed by atoms with Crippen molar-refractivity contribution >= 4 is 5.82 Å². The number of hydrogen-bond acceptors (Lipinski definition) is 5. The second-order valence-corrected chi connectivity index (χ2v) is 5.31. The Morgan fingerprint density at radius 3 is 2.32 bits per heavy atom. The summed E-state index contributed by atoms with van der Waals surface area (Å²) in [6.07, 6.45) is 0. The van der Waals surface area contributed by atoms with E-state index in [2.05, 4.69) is 54.9 Å². The molecule has 0 aliphatic heterocycles. The van der Waals surface area contributed by atoms with Gasteiger partial charge in [-0.15, -0.1) is 5.10 Å². The van der Waals surface area contributed by atoms with Crippen LogP contribution in [0.4, 0.5) is 5.82 Å². The van der Waals surface area contributed by atoms with Gasteiger partial charge in [-0.1, -0.05) is 0 Å². The van der Waals surface area contributed by atoms with Crippen LogP contribution in [0.3, 0.4) is 0 Å². The van der Waals surface area contributed by atoms with E-state index in [-0.39, 0.29) is 0 Å². The Morgan fingerprint density at radius 1 is 1.21 bits per heavy atom. The molecule has 1 rings (SSSR count). The molecule has 1 aromatic rings. The largest absolute Gasteiger partial charge is 0.351 e. The Hall–Kier alpha value is -1.20. The topological polar surface area (TPSA) is 58.3 Å². The maximum atomic E-state index is 5.91. The van der Waals surface area contributed by atoms with E-state index in [4.69, 9.17) is 5.73 Å². The smallest absolute Gasteiger partial charge is 0.156 e. The van der Waals surface area contributed by atoms with Crippen LogP contribution in [0, 0.1) is 13.8 Å². The molecule has 0 amide bonds. The normalized spacial score (nSPS) is 12.8. The van der Waals surface area contributed by atoms with Crippen molar-refractivity contribution < 1.29 is 0 Å². The van der Waals surface area contributed by atoms with Crippen molar-refractivity contribution in [3.8, 4) is 0 Å². The van der Waals surface area contributed by atoms with Crippen LogP contribution in [0.2, 0.25) is 0 Å². The van der Waals surface area contributed by atoms with Crippen molar-refractivity contribution in [1.82, 2.24) is 15.1 Å². The second kappa shape index (κ2) is 6.82. The summed E-state index contributed by atoms with van der Waals surface area (Å²) in [5.74, 6) is 0.933. The maximum absolute atomic E-state index is 5.91. The van der Waals surface area contributed by atoms with Crippen molar-refractivity contribution in [2.75, 3.05) is 32.1 Å². The molecule has 19 heavy (non-hydrogen) atoms. The van der Waals surface area contributed by atoms with Gasteiger partial charge in [0.15, 0.2) is 5.82 Å². The molecular weight excluding hydrogens is 238 g/mol. The molecule has 0 saturated carbocycles. The van der Waals surface area contributed by atoms with Gasteiger partial charge in [0.25, 0.3) is 0 Å². The fraction of sp³-hybridized carbons (Fsp3) is 0.714. The van der Waals surface area contributed by atoms with Crippen LogP contribution in [0.25, 0.3) is 0 Å². The lowest BCUT2D eigenvalue weighted by atomic mass is 10.1. The second-order valence-electron chi connectivity index (χ2n) is 5.31. The van der Waals surface area contributed by atoms with Crippen molar-refractivity contribution in [1.29, 1.82) is 0 Å².